The Hall–Kier alpha value is -2.33. The molecule has 0 spiro atoms. The minimum absolute atomic E-state index is 0.0209. The number of likely N-dealkylation sites (tertiary alicyclic amines) is 1. The Labute approximate surface area is 181 Å². The summed E-state index contributed by atoms with van der Waals surface area (Å²) in [5.41, 5.74) is 2.60. The standard InChI is InChI=1S/C26H35NO3/c1-3-30-26(28)25(13-12-22-10-7-11-24(20-22)29-2)23-15-18-27(19-16-23)17-14-21-8-5-4-6-9-21/h4-11,20,23,25H,3,12-19H2,1-2H3. The van der Waals surface area contributed by atoms with Crippen molar-refractivity contribution in [2.45, 2.75) is 39.0 Å². The van der Waals surface area contributed by atoms with Crippen LogP contribution in [-0.2, 0) is 22.4 Å². The van der Waals surface area contributed by atoms with Crippen molar-refractivity contribution in [3.8, 4) is 5.75 Å². The molecule has 4 heteroatoms. The molecule has 0 aliphatic carbocycles. The van der Waals surface area contributed by atoms with Crippen molar-refractivity contribution in [1.82, 2.24) is 4.90 Å². The van der Waals surface area contributed by atoms with Crippen LogP contribution in [-0.4, -0.2) is 44.2 Å². The smallest absolute Gasteiger partial charge is 0.309 e. The summed E-state index contributed by atoms with van der Waals surface area (Å²) < 4.78 is 10.8. The molecule has 3 rings (SSSR count). The lowest BCUT2D eigenvalue weighted by atomic mass is 9.81. The third-order valence-electron chi connectivity index (χ3n) is 6.23. The van der Waals surface area contributed by atoms with E-state index < -0.39 is 0 Å². The fourth-order valence-electron chi connectivity index (χ4n) is 4.46. The van der Waals surface area contributed by atoms with Gasteiger partial charge in [0.25, 0.3) is 0 Å². The number of hydrogen-bond acceptors (Lipinski definition) is 4. The molecule has 1 aliphatic rings. The molecule has 0 bridgehead atoms. The van der Waals surface area contributed by atoms with Gasteiger partial charge in [0, 0.05) is 6.54 Å². The summed E-state index contributed by atoms with van der Waals surface area (Å²) in [6.07, 6.45) is 4.92. The number of hydrogen-bond donors (Lipinski definition) is 0. The highest BCUT2D eigenvalue weighted by atomic mass is 16.5. The van der Waals surface area contributed by atoms with E-state index in [9.17, 15) is 4.79 Å². The maximum absolute atomic E-state index is 12.7. The van der Waals surface area contributed by atoms with Crippen LogP contribution in [0.3, 0.4) is 0 Å². The molecule has 1 heterocycles. The molecule has 0 radical (unpaired) electrons. The van der Waals surface area contributed by atoms with Gasteiger partial charge in [0.2, 0.25) is 0 Å². The van der Waals surface area contributed by atoms with Crippen LogP contribution in [0.2, 0.25) is 0 Å². The van der Waals surface area contributed by atoms with Crippen molar-refractivity contribution in [2.24, 2.45) is 11.8 Å². The van der Waals surface area contributed by atoms with E-state index in [1.54, 1.807) is 7.11 Å². The van der Waals surface area contributed by atoms with Crippen LogP contribution in [0, 0.1) is 11.8 Å². The maximum Gasteiger partial charge on any atom is 0.309 e. The van der Waals surface area contributed by atoms with E-state index in [1.165, 1.54) is 11.1 Å². The molecule has 0 saturated carbocycles. The molecule has 30 heavy (non-hydrogen) atoms. The molecular formula is C26H35NO3. The average Bonchev–Trinajstić information content (AvgIpc) is 2.79. The summed E-state index contributed by atoms with van der Waals surface area (Å²) in [6, 6.07) is 18.8. The van der Waals surface area contributed by atoms with Crippen molar-refractivity contribution in [2.75, 3.05) is 33.4 Å². The van der Waals surface area contributed by atoms with Crippen LogP contribution in [0.15, 0.2) is 54.6 Å². The molecule has 1 unspecified atom stereocenters. The zero-order valence-corrected chi connectivity index (χ0v) is 18.4. The van der Waals surface area contributed by atoms with Crippen molar-refractivity contribution in [1.29, 1.82) is 0 Å². The summed E-state index contributed by atoms with van der Waals surface area (Å²) in [5, 5.41) is 0. The maximum atomic E-state index is 12.7. The van der Waals surface area contributed by atoms with Gasteiger partial charge in [-0.05, 0) is 81.3 Å². The fraction of sp³-hybridized carbons (Fsp3) is 0.500. The van der Waals surface area contributed by atoms with Gasteiger partial charge in [-0.15, -0.1) is 0 Å². The first-order valence-electron chi connectivity index (χ1n) is 11.3. The van der Waals surface area contributed by atoms with Gasteiger partial charge in [0.05, 0.1) is 19.6 Å². The second-order valence-corrected chi connectivity index (χ2v) is 8.16. The van der Waals surface area contributed by atoms with E-state index in [0.717, 1.165) is 57.5 Å². The molecule has 0 amide bonds. The average molecular weight is 410 g/mol. The van der Waals surface area contributed by atoms with E-state index in [-0.39, 0.29) is 11.9 Å². The number of benzene rings is 2. The molecule has 1 aliphatic heterocycles. The quantitative estimate of drug-likeness (QED) is 0.530. The molecule has 0 N–H and O–H groups in total. The second-order valence-electron chi connectivity index (χ2n) is 8.16. The van der Waals surface area contributed by atoms with Crippen molar-refractivity contribution >= 4 is 5.97 Å². The Kier molecular flexibility index (Phi) is 8.76. The van der Waals surface area contributed by atoms with E-state index >= 15 is 0 Å². The topological polar surface area (TPSA) is 38.8 Å². The molecule has 1 saturated heterocycles. The van der Waals surface area contributed by atoms with Crippen molar-refractivity contribution < 1.29 is 14.3 Å². The minimum Gasteiger partial charge on any atom is -0.497 e. The van der Waals surface area contributed by atoms with Crippen LogP contribution in [0.1, 0.15) is 37.3 Å². The highest BCUT2D eigenvalue weighted by Gasteiger charge is 2.32. The van der Waals surface area contributed by atoms with Gasteiger partial charge in [-0.1, -0.05) is 42.5 Å². The molecule has 4 nitrogen and oxygen atoms in total. The van der Waals surface area contributed by atoms with Crippen LogP contribution < -0.4 is 4.74 Å². The van der Waals surface area contributed by atoms with E-state index in [2.05, 4.69) is 47.4 Å². The third kappa shape index (κ3) is 6.60. The Morgan fingerprint density at radius 3 is 2.47 bits per heavy atom. The number of carbonyl (C=O) groups excluding carboxylic acids is 1. The number of piperidine rings is 1. The summed E-state index contributed by atoms with van der Waals surface area (Å²) in [7, 11) is 1.69. The summed E-state index contributed by atoms with van der Waals surface area (Å²) >= 11 is 0. The fourth-order valence-corrected chi connectivity index (χ4v) is 4.46. The number of aryl methyl sites for hydroxylation is 1. The van der Waals surface area contributed by atoms with Gasteiger partial charge in [-0.2, -0.15) is 0 Å². The second kappa shape index (κ2) is 11.8. The van der Waals surface area contributed by atoms with Crippen LogP contribution >= 0.6 is 0 Å². The summed E-state index contributed by atoms with van der Waals surface area (Å²) in [5.74, 6) is 1.23. The molecular weight excluding hydrogens is 374 g/mol. The normalized spacial score (nSPS) is 16.2. The van der Waals surface area contributed by atoms with E-state index in [1.807, 2.05) is 19.1 Å². The number of nitrogens with zero attached hydrogens (tertiary/aromatic N) is 1. The first-order chi connectivity index (χ1) is 14.7. The Bertz CT molecular complexity index is 769. The zero-order chi connectivity index (χ0) is 21.2. The minimum atomic E-state index is -0.0249. The van der Waals surface area contributed by atoms with Gasteiger partial charge in [-0.3, -0.25) is 4.79 Å². The van der Waals surface area contributed by atoms with E-state index in [4.69, 9.17) is 9.47 Å². The monoisotopic (exact) mass is 409 g/mol. The SMILES string of the molecule is CCOC(=O)C(CCc1cccc(OC)c1)C1CCN(CCc2ccccc2)CC1. The molecule has 0 aromatic heterocycles. The van der Waals surface area contributed by atoms with Crippen molar-refractivity contribution in [3.63, 3.8) is 0 Å². The molecule has 2 aromatic carbocycles. The number of rotatable bonds is 10. The first-order valence-corrected chi connectivity index (χ1v) is 11.3. The predicted molar refractivity (Wildman–Crippen MR) is 121 cm³/mol. The Balaban J connectivity index is 1.53. The highest BCUT2D eigenvalue weighted by molar-refractivity contribution is 5.72. The summed E-state index contributed by atoms with van der Waals surface area (Å²) in [4.78, 5) is 15.3. The van der Waals surface area contributed by atoms with Crippen LogP contribution in [0.25, 0.3) is 0 Å². The lowest BCUT2D eigenvalue weighted by Crippen LogP contribution is -2.39. The van der Waals surface area contributed by atoms with Gasteiger partial charge in [0.15, 0.2) is 0 Å². The zero-order valence-electron chi connectivity index (χ0n) is 18.4. The Morgan fingerprint density at radius 2 is 1.77 bits per heavy atom. The van der Waals surface area contributed by atoms with Crippen molar-refractivity contribution in [3.05, 3.63) is 65.7 Å². The molecule has 2 aromatic rings. The summed E-state index contributed by atoms with van der Waals surface area (Å²) in [6.45, 7) is 5.55. The van der Waals surface area contributed by atoms with E-state index in [0.29, 0.717) is 12.5 Å². The highest BCUT2D eigenvalue weighted by Crippen LogP contribution is 2.30. The number of esters is 1. The number of carbonyl (C=O) groups is 1. The largest absolute Gasteiger partial charge is 0.497 e. The van der Waals surface area contributed by atoms with Crippen LogP contribution in [0.4, 0.5) is 0 Å². The number of methoxy groups -OCH3 is 1. The lowest BCUT2D eigenvalue weighted by Gasteiger charge is -2.35. The molecule has 162 valence electrons. The van der Waals surface area contributed by atoms with Gasteiger partial charge in [0.1, 0.15) is 5.75 Å². The molecule has 1 fully saturated rings. The lowest BCUT2D eigenvalue weighted by molar-refractivity contribution is -0.151. The molecule has 1 atom stereocenters. The van der Waals surface area contributed by atoms with Gasteiger partial charge in [-0.25, -0.2) is 0 Å². The van der Waals surface area contributed by atoms with Crippen LogP contribution in [0.5, 0.6) is 5.75 Å². The Morgan fingerprint density at radius 1 is 1.03 bits per heavy atom. The first kappa shape index (κ1) is 22.4. The number of ether oxygens (including phenoxy) is 2. The predicted octanol–water partition coefficient (Wildman–Crippen LogP) is 4.76. The van der Waals surface area contributed by atoms with Gasteiger partial charge < -0.3 is 14.4 Å². The third-order valence-corrected chi connectivity index (χ3v) is 6.23. The van der Waals surface area contributed by atoms with Gasteiger partial charge >= 0.3 is 5.97 Å².